The summed E-state index contributed by atoms with van der Waals surface area (Å²) in [5, 5.41) is 0. The van der Waals surface area contributed by atoms with Crippen LogP contribution >= 0.6 is 0 Å². The zero-order chi connectivity index (χ0) is 17.0. The fourth-order valence-electron chi connectivity index (χ4n) is 2.36. The van der Waals surface area contributed by atoms with E-state index in [2.05, 4.69) is 11.1 Å². The number of ether oxygens (including phenoxy) is 1. The third kappa shape index (κ3) is 11.1. The molecule has 0 spiro atoms. The number of hydrogen-bond donors (Lipinski definition) is 1. The molecule has 1 aromatic carbocycles. The summed E-state index contributed by atoms with van der Waals surface area (Å²) in [5.41, 5.74) is 0. The zero-order valence-electron chi connectivity index (χ0n) is 13.8. The maximum atomic E-state index is 10.7. The van der Waals surface area contributed by atoms with E-state index in [-0.39, 0.29) is 6.61 Å². The lowest BCUT2D eigenvalue weighted by Gasteiger charge is -2.18. The topological polar surface area (TPSA) is 72.8 Å². The van der Waals surface area contributed by atoms with Gasteiger partial charge in [-0.05, 0) is 25.0 Å². The molecule has 0 aliphatic rings. The molecule has 0 saturated carbocycles. The van der Waals surface area contributed by atoms with Gasteiger partial charge < -0.3 is 4.74 Å². The predicted molar refractivity (Wildman–Crippen MR) is 91.0 cm³/mol. The Balaban J connectivity index is 2.35. The first kappa shape index (κ1) is 19.9. The highest BCUT2D eigenvalue weighted by atomic mass is 32.3. The van der Waals surface area contributed by atoms with Gasteiger partial charge in [0.15, 0.2) is 0 Å². The van der Waals surface area contributed by atoms with E-state index in [0.29, 0.717) is 12.2 Å². The van der Waals surface area contributed by atoms with Gasteiger partial charge in [-0.2, -0.15) is 8.42 Å². The molecule has 1 N–H and O–H groups in total. The molecule has 0 fully saturated rings. The summed E-state index contributed by atoms with van der Waals surface area (Å²) in [7, 11) is -4.44. The summed E-state index contributed by atoms with van der Waals surface area (Å²) in [6, 6.07) is 9.21. The molecule has 132 valence electrons. The summed E-state index contributed by atoms with van der Waals surface area (Å²) < 4.78 is 40.4. The SMILES string of the molecule is CCCCCCCCCC(COS(=O)(=O)O)Oc1ccccc1. The van der Waals surface area contributed by atoms with Crippen LogP contribution in [0.4, 0.5) is 0 Å². The Bertz CT molecular complexity index is 501. The van der Waals surface area contributed by atoms with E-state index in [1.165, 1.54) is 32.1 Å². The molecule has 0 radical (unpaired) electrons. The molecule has 0 aromatic heterocycles. The standard InChI is InChI=1S/C17H28O5S/c1-2-3-4-5-6-7-9-14-17(15-21-23(18,19)20)22-16-12-10-8-11-13-16/h8,10-13,17H,2-7,9,14-15H2,1H3,(H,18,19,20). The van der Waals surface area contributed by atoms with E-state index in [9.17, 15) is 8.42 Å². The van der Waals surface area contributed by atoms with Crippen LogP contribution in [-0.2, 0) is 14.6 Å². The number of unbranched alkanes of at least 4 members (excludes halogenated alkanes) is 6. The summed E-state index contributed by atoms with van der Waals surface area (Å²) in [4.78, 5) is 0. The minimum Gasteiger partial charge on any atom is -0.488 e. The van der Waals surface area contributed by atoms with Crippen molar-refractivity contribution in [2.45, 2.75) is 64.4 Å². The number of rotatable bonds is 13. The van der Waals surface area contributed by atoms with E-state index in [0.717, 1.165) is 12.8 Å². The molecule has 23 heavy (non-hydrogen) atoms. The van der Waals surface area contributed by atoms with Crippen molar-refractivity contribution < 1.29 is 21.9 Å². The molecule has 1 atom stereocenters. The van der Waals surface area contributed by atoms with Gasteiger partial charge in [0.2, 0.25) is 0 Å². The van der Waals surface area contributed by atoms with Crippen molar-refractivity contribution in [1.82, 2.24) is 0 Å². The van der Waals surface area contributed by atoms with Gasteiger partial charge in [-0.3, -0.25) is 4.55 Å². The van der Waals surface area contributed by atoms with Crippen LogP contribution < -0.4 is 4.74 Å². The Labute approximate surface area is 140 Å². The van der Waals surface area contributed by atoms with Crippen LogP contribution in [0.1, 0.15) is 58.3 Å². The summed E-state index contributed by atoms with van der Waals surface area (Å²) in [5.74, 6) is 0.666. The molecule has 0 saturated heterocycles. The van der Waals surface area contributed by atoms with Gasteiger partial charge in [-0.1, -0.05) is 63.6 Å². The molecule has 1 unspecified atom stereocenters. The second kappa shape index (κ2) is 11.4. The van der Waals surface area contributed by atoms with E-state index >= 15 is 0 Å². The van der Waals surface area contributed by atoms with Crippen molar-refractivity contribution in [1.29, 1.82) is 0 Å². The molecule has 0 aliphatic carbocycles. The minimum absolute atomic E-state index is 0.177. The molecular formula is C17H28O5S. The molecule has 0 bridgehead atoms. The van der Waals surface area contributed by atoms with Crippen LogP contribution in [0.15, 0.2) is 30.3 Å². The predicted octanol–water partition coefficient (Wildman–Crippen LogP) is 4.39. The van der Waals surface area contributed by atoms with Crippen LogP contribution in [-0.4, -0.2) is 25.7 Å². The van der Waals surface area contributed by atoms with E-state index in [4.69, 9.17) is 9.29 Å². The maximum absolute atomic E-state index is 10.7. The Hall–Kier alpha value is -1.11. The average molecular weight is 344 g/mol. The summed E-state index contributed by atoms with van der Waals surface area (Å²) in [6.07, 6.45) is 8.53. The van der Waals surface area contributed by atoms with Crippen molar-refractivity contribution in [3.63, 3.8) is 0 Å². The highest BCUT2D eigenvalue weighted by Gasteiger charge is 2.15. The molecule has 6 heteroatoms. The molecule has 1 aromatic rings. The first-order valence-electron chi connectivity index (χ1n) is 8.35. The lowest BCUT2D eigenvalue weighted by molar-refractivity contribution is 0.113. The van der Waals surface area contributed by atoms with Gasteiger partial charge in [0.25, 0.3) is 0 Å². The van der Waals surface area contributed by atoms with Crippen molar-refractivity contribution in [3.8, 4) is 5.75 Å². The second-order valence-corrected chi connectivity index (χ2v) is 6.77. The summed E-state index contributed by atoms with van der Waals surface area (Å²) >= 11 is 0. The summed E-state index contributed by atoms with van der Waals surface area (Å²) in [6.45, 7) is 2.02. The largest absolute Gasteiger partial charge is 0.488 e. The lowest BCUT2D eigenvalue weighted by atomic mass is 10.1. The van der Waals surface area contributed by atoms with E-state index < -0.39 is 16.5 Å². The first-order valence-corrected chi connectivity index (χ1v) is 9.71. The molecule has 1 rings (SSSR count). The highest BCUT2D eigenvalue weighted by Crippen LogP contribution is 2.16. The normalized spacial score (nSPS) is 13.0. The van der Waals surface area contributed by atoms with Crippen LogP contribution in [0.25, 0.3) is 0 Å². The van der Waals surface area contributed by atoms with Crippen molar-refractivity contribution in [2.24, 2.45) is 0 Å². The van der Waals surface area contributed by atoms with Crippen LogP contribution in [0, 0.1) is 0 Å². The van der Waals surface area contributed by atoms with Gasteiger partial charge in [0, 0.05) is 0 Å². The van der Waals surface area contributed by atoms with Crippen molar-refractivity contribution in [2.75, 3.05) is 6.61 Å². The fourth-order valence-corrected chi connectivity index (χ4v) is 2.68. The monoisotopic (exact) mass is 344 g/mol. The first-order chi connectivity index (χ1) is 11.0. The molecule has 0 aliphatic heterocycles. The third-order valence-corrected chi connectivity index (χ3v) is 4.01. The van der Waals surface area contributed by atoms with E-state index in [1.54, 1.807) is 0 Å². The second-order valence-electron chi connectivity index (χ2n) is 5.68. The maximum Gasteiger partial charge on any atom is 0.397 e. The zero-order valence-corrected chi connectivity index (χ0v) is 14.6. The number of hydrogen-bond acceptors (Lipinski definition) is 4. The van der Waals surface area contributed by atoms with Crippen molar-refractivity contribution >= 4 is 10.4 Å². The fraction of sp³-hybridized carbons (Fsp3) is 0.647. The van der Waals surface area contributed by atoms with Gasteiger partial charge in [-0.25, -0.2) is 4.18 Å². The van der Waals surface area contributed by atoms with Gasteiger partial charge in [-0.15, -0.1) is 0 Å². The van der Waals surface area contributed by atoms with Crippen LogP contribution in [0.3, 0.4) is 0 Å². The average Bonchev–Trinajstić information content (AvgIpc) is 2.51. The Morgan fingerprint density at radius 1 is 1.00 bits per heavy atom. The Morgan fingerprint density at radius 3 is 2.22 bits per heavy atom. The minimum atomic E-state index is -4.44. The van der Waals surface area contributed by atoms with Crippen molar-refractivity contribution in [3.05, 3.63) is 30.3 Å². The van der Waals surface area contributed by atoms with Gasteiger partial charge in [0.1, 0.15) is 18.5 Å². The molecule has 0 amide bonds. The van der Waals surface area contributed by atoms with Gasteiger partial charge in [0.05, 0.1) is 0 Å². The molecular weight excluding hydrogens is 316 g/mol. The van der Waals surface area contributed by atoms with Crippen LogP contribution in [0.2, 0.25) is 0 Å². The smallest absolute Gasteiger partial charge is 0.397 e. The Morgan fingerprint density at radius 2 is 1.61 bits per heavy atom. The number of para-hydroxylation sites is 1. The third-order valence-electron chi connectivity index (χ3n) is 3.58. The van der Waals surface area contributed by atoms with Crippen LogP contribution in [0.5, 0.6) is 5.75 Å². The number of benzene rings is 1. The van der Waals surface area contributed by atoms with E-state index in [1.807, 2.05) is 30.3 Å². The van der Waals surface area contributed by atoms with Gasteiger partial charge >= 0.3 is 10.4 Å². The lowest BCUT2D eigenvalue weighted by Crippen LogP contribution is -2.25. The molecule has 0 heterocycles. The quantitative estimate of drug-likeness (QED) is 0.424. The molecule has 5 nitrogen and oxygen atoms in total. The highest BCUT2D eigenvalue weighted by molar-refractivity contribution is 7.80. The Kier molecular flexibility index (Phi) is 9.91.